The maximum atomic E-state index is 12.7. The van der Waals surface area contributed by atoms with Gasteiger partial charge in [-0.1, -0.05) is 0 Å². The molecule has 100 valence electrons. The van der Waals surface area contributed by atoms with Crippen LogP contribution in [0.3, 0.4) is 0 Å². The molecule has 0 saturated carbocycles. The number of nitro groups is 1. The van der Waals surface area contributed by atoms with Gasteiger partial charge in [-0.05, 0) is 4.92 Å². The van der Waals surface area contributed by atoms with E-state index in [4.69, 9.17) is 10.7 Å². The molecule has 0 aliphatic rings. The number of halogens is 3. The van der Waals surface area contributed by atoms with Gasteiger partial charge in [0.1, 0.15) is 0 Å². The molecule has 7 nitrogen and oxygen atoms in total. The number of alkyl halides is 2. The highest BCUT2D eigenvalue weighted by Crippen LogP contribution is 2.36. The molecule has 0 bridgehead atoms. The lowest BCUT2D eigenvalue weighted by Gasteiger charge is -2.07. The van der Waals surface area contributed by atoms with Crippen LogP contribution < -0.4 is 4.74 Å². The second-order valence-electron chi connectivity index (χ2n) is 2.90. The summed E-state index contributed by atoms with van der Waals surface area (Å²) in [4.78, 5) is 11.5. The maximum absolute atomic E-state index is 12.7. The minimum atomic E-state index is -4.58. The Kier molecular flexibility index (Phi) is 4.02. The fraction of sp³-hybridized carbons (Fsp3) is 0.286. The molecule has 0 aliphatic heterocycles. The van der Waals surface area contributed by atoms with Crippen molar-refractivity contribution in [3.05, 3.63) is 21.7 Å². The van der Waals surface area contributed by atoms with E-state index in [1.807, 2.05) is 0 Å². The van der Waals surface area contributed by atoms with Crippen LogP contribution in [0.2, 0.25) is 0 Å². The van der Waals surface area contributed by atoms with Gasteiger partial charge >= 0.3 is 11.7 Å². The molecule has 0 amide bonds. The smallest absolute Gasteiger partial charge is 0.368 e. The first-order valence-electron chi connectivity index (χ1n) is 4.14. The zero-order chi connectivity index (χ0) is 14.1. The van der Waals surface area contributed by atoms with Crippen LogP contribution in [0.25, 0.3) is 0 Å². The average Bonchev–Trinajstić information content (AvgIpc) is 2.25. The molecule has 0 radical (unpaired) electrons. The molecular formula is C7H5ClF2N2O5S. The van der Waals surface area contributed by atoms with Gasteiger partial charge < -0.3 is 14.9 Å². The van der Waals surface area contributed by atoms with Gasteiger partial charge in [0, 0.05) is 21.7 Å². The zero-order valence-electron chi connectivity index (χ0n) is 8.63. The lowest BCUT2D eigenvalue weighted by molar-refractivity contribution is -0.389. The van der Waals surface area contributed by atoms with E-state index in [-0.39, 0.29) is 0 Å². The van der Waals surface area contributed by atoms with Gasteiger partial charge in [0.25, 0.3) is 15.5 Å². The first-order chi connectivity index (χ1) is 8.18. The molecule has 11 heteroatoms. The lowest BCUT2D eigenvalue weighted by atomic mass is 10.2. The maximum Gasteiger partial charge on any atom is 0.368 e. The summed E-state index contributed by atoms with van der Waals surface area (Å²) in [6.07, 6.45) is -3.29. The molecule has 1 aromatic rings. The summed E-state index contributed by atoms with van der Waals surface area (Å²) in [6, 6.07) is 0.336. The van der Waals surface area contributed by atoms with Gasteiger partial charge in [-0.3, -0.25) is 0 Å². The predicted molar refractivity (Wildman–Crippen MR) is 55.4 cm³/mol. The van der Waals surface area contributed by atoms with Crippen LogP contribution in [0.5, 0.6) is 5.88 Å². The molecule has 0 unspecified atom stereocenters. The number of ether oxygens (including phenoxy) is 1. The average molecular weight is 303 g/mol. The minimum Gasteiger partial charge on any atom is -0.462 e. The van der Waals surface area contributed by atoms with Gasteiger partial charge in [-0.25, -0.2) is 17.2 Å². The minimum absolute atomic E-state index is 0.336. The summed E-state index contributed by atoms with van der Waals surface area (Å²) in [5, 5.41) is 10.5. The van der Waals surface area contributed by atoms with Gasteiger partial charge in [0.05, 0.1) is 12.7 Å². The SMILES string of the molecule is COc1nc([N+](=O)[O-])cc(C(F)F)c1S(=O)(=O)Cl. The first-order valence-corrected chi connectivity index (χ1v) is 6.45. The summed E-state index contributed by atoms with van der Waals surface area (Å²) >= 11 is 0. The van der Waals surface area contributed by atoms with Crippen LogP contribution in [-0.4, -0.2) is 25.4 Å². The molecule has 1 rings (SSSR count). The van der Waals surface area contributed by atoms with Crippen LogP contribution in [-0.2, 0) is 9.05 Å². The van der Waals surface area contributed by atoms with Gasteiger partial charge in [-0.15, -0.1) is 0 Å². The molecule has 18 heavy (non-hydrogen) atoms. The van der Waals surface area contributed by atoms with Crippen molar-refractivity contribution in [1.29, 1.82) is 0 Å². The van der Waals surface area contributed by atoms with Crippen LogP contribution in [0.15, 0.2) is 11.0 Å². The van der Waals surface area contributed by atoms with Crippen LogP contribution in [0.1, 0.15) is 12.0 Å². The normalized spacial score (nSPS) is 11.6. The number of hydrogen-bond donors (Lipinski definition) is 0. The van der Waals surface area contributed by atoms with E-state index in [2.05, 4.69) is 9.72 Å². The Morgan fingerprint density at radius 1 is 1.56 bits per heavy atom. The quantitative estimate of drug-likeness (QED) is 0.478. The Morgan fingerprint density at radius 2 is 2.11 bits per heavy atom. The standard InChI is InChI=1S/C7H5ClF2N2O5S/c1-17-7-5(18(8,15)16)3(6(9)10)2-4(11-7)12(13)14/h2,6H,1H3. The molecule has 0 atom stereocenters. The van der Waals surface area contributed by atoms with E-state index in [1.54, 1.807) is 0 Å². The third-order valence-electron chi connectivity index (χ3n) is 1.82. The number of methoxy groups -OCH3 is 1. The van der Waals surface area contributed by atoms with E-state index >= 15 is 0 Å². The highest BCUT2D eigenvalue weighted by molar-refractivity contribution is 8.13. The predicted octanol–water partition coefficient (Wildman–Crippen LogP) is 1.86. The van der Waals surface area contributed by atoms with E-state index < -0.39 is 42.6 Å². The molecule has 0 N–H and O–H groups in total. The van der Waals surface area contributed by atoms with Gasteiger partial charge in [-0.2, -0.15) is 0 Å². The second-order valence-corrected chi connectivity index (χ2v) is 5.41. The number of rotatable bonds is 4. The third-order valence-corrected chi connectivity index (χ3v) is 3.18. The first kappa shape index (κ1) is 14.5. The Hall–Kier alpha value is -1.55. The summed E-state index contributed by atoms with van der Waals surface area (Å²) in [7, 11) is 1.31. The molecular weight excluding hydrogens is 298 g/mol. The van der Waals surface area contributed by atoms with Crippen molar-refractivity contribution < 1.29 is 26.9 Å². The van der Waals surface area contributed by atoms with E-state index in [1.165, 1.54) is 0 Å². The van der Waals surface area contributed by atoms with Crippen molar-refractivity contribution in [3.8, 4) is 5.88 Å². The Balaban J connectivity index is 3.73. The molecule has 0 fully saturated rings. The number of nitrogens with zero attached hydrogens (tertiary/aromatic N) is 2. The Bertz CT molecular complexity index is 592. The van der Waals surface area contributed by atoms with E-state index in [0.717, 1.165) is 7.11 Å². The molecule has 0 aliphatic carbocycles. The van der Waals surface area contributed by atoms with Gasteiger partial charge in [0.15, 0.2) is 4.90 Å². The number of pyridine rings is 1. The van der Waals surface area contributed by atoms with Crippen LogP contribution >= 0.6 is 10.7 Å². The number of aromatic nitrogens is 1. The summed E-state index contributed by atoms with van der Waals surface area (Å²) < 4.78 is 52.1. The van der Waals surface area contributed by atoms with Crippen molar-refractivity contribution >= 4 is 25.6 Å². The number of hydrogen-bond acceptors (Lipinski definition) is 6. The molecule has 1 heterocycles. The monoisotopic (exact) mass is 302 g/mol. The Labute approximate surface area is 104 Å². The van der Waals surface area contributed by atoms with Crippen LogP contribution in [0, 0.1) is 10.1 Å². The lowest BCUT2D eigenvalue weighted by Crippen LogP contribution is -2.06. The van der Waals surface area contributed by atoms with Crippen LogP contribution in [0.4, 0.5) is 14.6 Å². The van der Waals surface area contributed by atoms with Crippen molar-refractivity contribution in [1.82, 2.24) is 4.98 Å². The van der Waals surface area contributed by atoms with E-state index in [0.29, 0.717) is 6.07 Å². The fourth-order valence-corrected chi connectivity index (χ4v) is 2.39. The molecule has 0 aromatic carbocycles. The highest BCUT2D eigenvalue weighted by atomic mass is 35.7. The van der Waals surface area contributed by atoms with E-state index in [9.17, 15) is 27.3 Å². The van der Waals surface area contributed by atoms with Crippen molar-refractivity contribution in [3.63, 3.8) is 0 Å². The summed E-state index contributed by atoms with van der Waals surface area (Å²) in [5.74, 6) is -1.82. The second kappa shape index (κ2) is 4.98. The molecule has 0 spiro atoms. The third kappa shape index (κ3) is 2.82. The summed E-state index contributed by atoms with van der Waals surface area (Å²) in [6.45, 7) is 0. The van der Waals surface area contributed by atoms with Crippen molar-refractivity contribution in [2.24, 2.45) is 0 Å². The molecule has 0 saturated heterocycles. The van der Waals surface area contributed by atoms with Crippen molar-refractivity contribution in [2.75, 3.05) is 7.11 Å². The topological polar surface area (TPSA) is 99.4 Å². The zero-order valence-corrected chi connectivity index (χ0v) is 10.2. The van der Waals surface area contributed by atoms with Crippen molar-refractivity contribution in [2.45, 2.75) is 11.3 Å². The van der Waals surface area contributed by atoms with Gasteiger partial charge in [0.2, 0.25) is 0 Å². The fourth-order valence-electron chi connectivity index (χ4n) is 1.15. The molecule has 1 aromatic heterocycles. The largest absolute Gasteiger partial charge is 0.462 e. The summed E-state index contributed by atoms with van der Waals surface area (Å²) in [5.41, 5.74) is -1.14. The highest BCUT2D eigenvalue weighted by Gasteiger charge is 2.33. The Morgan fingerprint density at radius 3 is 2.44 bits per heavy atom.